The third-order valence-electron chi connectivity index (χ3n) is 2.78. The number of anilines is 1. The molecule has 2 amide bonds. The summed E-state index contributed by atoms with van der Waals surface area (Å²) in [4.78, 5) is 13.6. The molecule has 1 aromatic rings. The van der Waals surface area contributed by atoms with Crippen LogP contribution in [0.1, 0.15) is 18.4 Å². The molecule has 0 spiro atoms. The molecule has 2 rings (SSSR count). The van der Waals surface area contributed by atoms with Crippen molar-refractivity contribution in [2.75, 3.05) is 18.4 Å². The Labute approximate surface area is 90.1 Å². The molecule has 1 aliphatic heterocycles. The summed E-state index contributed by atoms with van der Waals surface area (Å²) >= 11 is 0. The first-order chi connectivity index (χ1) is 7.27. The van der Waals surface area contributed by atoms with E-state index in [9.17, 15) is 4.79 Å². The second-order valence-electron chi connectivity index (χ2n) is 3.94. The van der Waals surface area contributed by atoms with Gasteiger partial charge in [0.2, 0.25) is 0 Å². The Bertz CT molecular complexity index is 356. The van der Waals surface area contributed by atoms with Crippen molar-refractivity contribution in [3.05, 3.63) is 29.8 Å². The Balaban J connectivity index is 2.02. The molecule has 1 aliphatic rings. The van der Waals surface area contributed by atoms with E-state index in [1.807, 2.05) is 36.1 Å². The van der Waals surface area contributed by atoms with E-state index < -0.39 is 0 Å². The molecule has 0 aromatic heterocycles. The predicted octanol–water partition coefficient (Wildman–Crippen LogP) is 2.62. The molecule has 0 saturated carbocycles. The van der Waals surface area contributed by atoms with Gasteiger partial charge in [0.05, 0.1) is 0 Å². The van der Waals surface area contributed by atoms with Crippen molar-refractivity contribution >= 4 is 11.7 Å². The molecule has 0 atom stereocenters. The second kappa shape index (κ2) is 4.34. The van der Waals surface area contributed by atoms with Crippen LogP contribution < -0.4 is 5.32 Å². The predicted molar refractivity (Wildman–Crippen MR) is 61.0 cm³/mol. The minimum atomic E-state index is 0.0294. The number of amides is 2. The number of para-hydroxylation sites is 1. The van der Waals surface area contributed by atoms with Gasteiger partial charge in [0.25, 0.3) is 0 Å². The number of benzene rings is 1. The molecule has 3 nitrogen and oxygen atoms in total. The van der Waals surface area contributed by atoms with Crippen LogP contribution in [0.5, 0.6) is 0 Å². The molecule has 0 unspecified atom stereocenters. The summed E-state index contributed by atoms with van der Waals surface area (Å²) in [6, 6.07) is 7.87. The zero-order valence-corrected chi connectivity index (χ0v) is 8.99. The van der Waals surface area contributed by atoms with Gasteiger partial charge in [-0.25, -0.2) is 4.79 Å². The van der Waals surface area contributed by atoms with Crippen LogP contribution in [0, 0.1) is 6.92 Å². The summed E-state index contributed by atoms with van der Waals surface area (Å²) < 4.78 is 0. The maximum Gasteiger partial charge on any atom is 0.321 e. The standard InChI is InChI=1S/C12H16N2O/c1-10-6-2-3-7-11(10)13-12(15)14-8-4-5-9-14/h2-3,6-7H,4-5,8-9H2,1H3,(H,13,15). The van der Waals surface area contributed by atoms with E-state index in [0.29, 0.717) is 0 Å². The van der Waals surface area contributed by atoms with E-state index in [1.54, 1.807) is 0 Å². The molecule has 1 saturated heterocycles. The number of carbonyl (C=O) groups is 1. The zero-order valence-electron chi connectivity index (χ0n) is 8.99. The molecule has 0 bridgehead atoms. The number of aryl methyl sites for hydroxylation is 1. The smallest absolute Gasteiger partial charge is 0.321 e. The maximum atomic E-state index is 11.8. The monoisotopic (exact) mass is 204 g/mol. The number of likely N-dealkylation sites (tertiary alicyclic amines) is 1. The highest BCUT2D eigenvalue weighted by Gasteiger charge is 2.17. The van der Waals surface area contributed by atoms with Crippen LogP contribution in [0.2, 0.25) is 0 Å². The third-order valence-corrected chi connectivity index (χ3v) is 2.78. The van der Waals surface area contributed by atoms with Gasteiger partial charge in [-0.2, -0.15) is 0 Å². The van der Waals surface area contributed by atoms with Crippen LogP contribution in [0.3, 0.4) is 0 Å². The van der Waals surface area contributed by atoms with Crippen LogP contribution in [0.15, 0.2) is 24.3 Å². The average Bonchev–Trinajstić information content (AvgIpc) is 2.74. The third kappa shape index (κ3) is 2.29. The molecule has 15 heavy (non-hydrogen) atoms. The van der Waals surface area contributed by atoms with Gasteiger partial charge in [0, 0.05) is 18.8 Å². The quantitative estimate of drug-likeness (QED) is 0.749. The molecule has 1 fully saturated rings. The lowest BCUT2D eigenvalue weighted by Gasteiger charge is -2.17. The molecule has 1 aromatic carbocycles. The SMILES string of the molecule is Cc1ccccc1NC(=O)N1CCCC1. The summed E-state index contributed by atoms with van der Waals surface area (Å²) in [6.07, 6.45) is 2.25. The largest absolute Gasteiger partial charge is 0.325 e. The van der Waals surface area contributed by atoms with E-state index in [4.69, 9.17) is 0 Å². The lowest BCUT2D eigenvalue weighted by molar-refractivity contribution is 0.222. The van der Waals surface area contributed by atoms with Crippen molar-refractivity contribution in [2.24, 2.45) is 0 Å². The van der Waals surface area contributed by atoms with Crippen molar-refractivity contribution in [1.29, 1.82) is 0 Å². The van der Waals surface area contributed by atoms with Crippen molar-refractivity contribution in [3.8, 4) is 0 Å². The van der Waals surface area contributed by atoms with E-state index in [-0.39, 0.29) is 6.03 Å². The van der Waals surface area contributed by atoms with Gasteiger partial charge in [-0.05, 0) is 31.4 Å². The highest BCUT2D eigenvalue weighted by atomic mass is 16.2. The number of hydrogen-bond acceptors (Lipinski definition) is 1. The maximum absolute atomic E-state index is 11.8. The van der Waals surface area contributed by atoms with Crippen LogP contribution >= 0.6 is 0 Å². The highest BCUT2D eigenvalue weighted by molar-refractivity contribution is 5.90. The van der Waals surface area contributed by atoms with Gasteiger partial charge < -0.3 is 10.2 Å². The van der Waals surface area contributed by atoms with Crippen molar-refractivity contribution < 1.29 is 4.79 Å². The summed E-state index contributed by atoms with van der Waals surface area (Å²) in [6.45, 7) is 3.77. The number of nitrogens with zero attached hydrogens (tertiary/aromatic N) is 1. The normalized spacial score (nSPS) is 15.4. The zero-order chi connectivity index (χ0) is 10.7. The molecule has 80 valence electrons. The van der Waals surface area contributed by atoms with Gasteiger partial charge >= 0.3 is 6.03 Å². The number of urea groups is 1. The molecule has 1 heterocycles. The first kappa shape index (κ1) is 10.0. The highest BCUT2D eigenvalue weighted by Crippen LogP contribution is 2.15. The van der Waals surface area contributed by atoms with Gasteiger partial charge in [-0.3, -0.25) is 0 Å². The van der Waals surface area contributed by atoms with E-state index in [0.717, 1.165) is 37.2 Å². The van der Waals surface area contributed by atoms with Crippen LogP contribution in [-0.2, 0) is 0 Å². The Kier molecular flexibility index (Phi) is 2.90. The topological polar surface area (TPSA) is 32.3 Å². The van der Waals surface area contributed by atoms with E-state index in [1.165, 1.54) is 0 Å². The number of carbonyl (C=O) groups excluding carboxylic acids is 1. The van der Waals surface area contributed by atoms with Crippen molar-refractivity contribution in [2.45, 2.75) is 19.8 Å². The number of rotatable bonds is 1. The number of nitrogens with one attached hydrogen (secondary N) is 1. The molecule has 0 aliphatic carbocycles. The summed E-state index contributed by atoms with van der Waals surface area (Å²) in [7, 11) is 0. The van der Waals surface area contributed by atoms with Gasteiger partial charge in [-0.15, -0.1) is 0 Å². The van der Waals surface area contributed by atoms with E-state index in [2.05, 4.69) is 5.32 Å². The lowest BCUT2D eigenvalue weighted by Crippen LogP contribution is -2.32. The van der Waals surface area contributed by atoms with Crippen molar-refractivity contribution in [3.63, 3.8) is 0 Å². The number of hydrogen-bond donors (Lipinski definition) is 1. The molecule has 1 N–H and O–H groups in total. The summed E-state index contributed by atoms with van der Waals surface area (Å²) in [5.41, 5.74) is 2.01. The Morgan fingerprint density at radius 1 is 1.27 bits per heavy atom. The fourth-order valence-electron chi connectivity index (χ4n) is 1.83. The molecule has 3 heteroatoms. The van der Waals surface area contributed by atoms with Crippen LogP contribution in [-0.4, -0.2) is 24.0 Å². The lowest BCUT2D eigenvalue weighted by atomic mass is 10.2. The molecular formula is C12H16N2O. The van der Waals surface area contributed by atoms with E-state index >= 15 is 0 Å². The molecular weight excluding hydrogens is 188 g/mol. The molecule has 0 radical (unpaired) electrons. The Morgan fingerprint density at radius 3 is 2.60 bits per heavy atom. The second-order valence-corrected chi connectivity index (χ2v) is 3.94. The van der Waals surface area contributed by atoms with Crippen LogP contribution in [0.4, 0.5) is 10.5 Å². The average molecular weight is 204 g/mol. The van der Waals surface area contributed by atoms with Gasteiger partial charge in [-0.1, -0.05) is 18.2 Å². The minimum absolute atomic E-state index is 0.0294. The summed E-state index contributed by atoms with van der Waals surface area (Å²) in [5.74, 6) is 0. The van der Waals surface area contributed by atoms with Crippen molar-refractivity contribution in [1.82, 2.24) is 4.90 Å². The van der Waals surface area contributed by atoms with Crippen LogP contribution in [0.25, 0.3) is 0 Å². The fourth-order valence-corrected chi connectivity index (χ4v) is 1.83. The first-order valence-corrected chi connectivity index (χ1v) is 5.39. The van der Waals surface area contributed by atoms with Gasteiger partial charge in [0.1, 0.15) is 0 Å². The minimum Gasteiger partial charge on any atom is -0.325 e. The van der Waals surface area contributed by atoms with Gasteiger partial charge in [0.15, 0.2) is 0 Å². The first-order valence-electron chi connectivity index (χ1n) is 5.39. The Hall–Kier alpha value is -1.51. The summed E-state index contributed by atoms with van der Waals surface area (Å²) in [5, 5.41) is 2.94. The fraction of sp³-hybridized carbons (Fsp3) is 0.417. The Morgan fingerprint density at radius 2 is 1.93 bits per heavy atom.